The zero-order valence-corrected chi connectivity index (χ0v) is 14.4. The number of halogens is 1. The van der Waals surface area contributed by atoms with Gasteiger partial charge in [0.2, 0.25) is 5.91 Å². The Kier molecular flexibility index (Phi) is 4.94. The molecule has 0 bridgehead atoms. The molecule has 1 N–H and O–H groups in total. The van der Waals surface area contributed by atoms with Gasteiger partial charge in [-0.2, -0.15) is 0 Å². The minimum atomic E-state index is -3.03. The van der Waals surface area contributed by atoms with Gasteiger partial charge in [-0.25, -0.2) is 8.42 Å². The first-order valence-corrected chi connectivity index (χ1v) is 10.1. The summed E-state index contributed by atoms with van der Waals surface area (Å²) in [6.45, 7) is 1.26. The molecule has 7 heteroatoms. The van der Waals surface area contributed by atoms with E-state index in [0.29, 0.717) is 24.5 Å². The molecule has 2 atom stereocenters. The Hall–Kier alpha value is -1.11. The maximum absolute atomic E-state index is 12.5. The zero-order valence-electron chi connectivity index (χ0n) is 12.9. The van der Waals surface area contributed by atoms with Crippen molar-refractivity contribution in [2.24, 2.45) is 0 Å². The number of hydrogen-bond acceptors (Lipinski definition) is 4. The normalized spacial score (nSPS) is 26.0. The van der Waals surface area contributed by atoms with Crippen molar-refractivity contribution in [3.05, 3.63) is 34.9 Å². The predicted octanol–water partition coefficient (Wildman–Crippen LogP) is 1.26. The van der Waals surface area contributed by atoms with E-state index in [2.05, 4.69) is 5.32 Å². The summed E-state index contributed by atoms with van der Waals surface area (Å²) in [4.78, 5) is 14.2. The smallest absolute Gasteiger partial charge is 0.222 e. The van der Waals surface area contributed by atoms with Gasteiger partial charge < -0.3 is 10.2 Å². The molecule has 0 spiro atoms. The molecule has 1 aromatic rings. The SMILES string of the molecule is O=C(CCCc1ccc(Cl)cc1)N1CCNC2CS(=O)(=O)CC21. The molecular formula is C16H21ClN2O3S. The highest BCUT2D eigenvalue weighted by atomic mass is 35.5. The molecule has 2 heterocycles. The van der Waals surface area contributed by atoms with Gasteiger partial charge >= 0.3 is 0 Å². The molecule has 2 fully saturated rings. The van der Waals surface area contributed by atoms with Crippen molar-refractivity contribution in [2.75, 3.05) is 24.6 Å². The molecule has 5 nitrogen and oxygen atoms in total. The van der Waals surface area contributed by atoms with Crippen LogP contribution in [-0.2, 0) is 21.1 Å². The van der Waals surface area contributed by atoms with Crippen LogP contribution in [0.15, 0.2) is 24.3 Å². The highest BCUT2D eigenvalue weighted by Gasteiger charge is 2.44. The number of benzene rings is 1. The van der Waals surface area contributed by atoms with E-state index in [1.54, 1.807) is 4.90 Å². The van der Waals surface area contributed by atoms with Crippen molar-refractivity contribution in [3.8, 4) is 0 Å². The van der Waals surface area contributed by atoms with Gasteiger partial charge in [-0.05, 0) is 30.5 Å². The second-order valence-corrected chi connectivity index (χ2v) is 8.86. The largest absolute Gasteiger partial charge is 0.336 e. The lowest BCUT2D eigenvalue weighted by Crippen LogP contribution is -2.59. The number of carbonyl (C=O) groups is 1. The van der Waals surface area contributed by atoms with Gasteiger partial charge in [-0.1, -0.05) is 23.7 Å². The first-order chi connectivity index (χ1) is 10.9. The molecule has 3 rings (SSSR count). The Bertz CT molecular complexity index is 675. The molecular weight excluding hydrogens is 336 g/mol. The van der Waals surface area contributed by atoms with E-state index in [9.17, 15) is 13.2 Å². The number of fused-ring (bicyclic) bond motifs is 1. The van der Waals surface area contributed by atoms with Crippen LogP contribution >= 0.6 is 11.6 Å². The Morgan fingerprint density at radius 2 is 2.00 bits per heavy atom. The van der Waals surface area contributed by atoms with Crippen LogP contribution in [0.25, 0.3) is 0 Å². The van der Waals surface area contributed by atoms with Gasteiger partial charge in [0.25, 0.3) is 0 Å². The lowest BCUT2D eigenvalue weighted by atomic mass is 10.0. The number of sulfone groups is 1. The molecule has 126 valence electrons. The Morgan fingerprint density at radius 3 is 2.74 bits per heavy atom. The van der Waals surface area contributed by atoms with Gasteiger partial charge in [0.05, 0.1) is 17.5 Å². The number of nitrogens with one attached hydrogen (secondary N) is 1. The summed E-state index contributed by atoms with van der Waals surface area (Å²) in [5.74, 6) is 0.298. The fraction of sp³-hybridized carbons (Fsp3) is 0.562. The Labute approximate surface area is 141 Å². The third-order valence-corrected chi connectivity index (χ3v) is 6.54. The summed E-state index contributed by atoms with van der Waals surface area (Å²) >= 11 is 5.86. The van der Waals surface area contributed by atoms with Crippen LogP contribution < -0.4 is 5.32 Å². The van der Waals surface area contributed by atoms with Crippen LogP contribution in [0.2, 0.25) is 5.02 Å². The summed E-state index contributed by atoms with van der Waals surface area (Å²) in [5.41, 5.74) is 1.16. The molecule has 2 aliphatic rings. The van der Waals surface area contributed by atoms with E-state index in [1.165, 1.54) is 0 Å². The second-order valence-electron chi connectivity index (χ2n) is 6.27. The summed E-state index contributed by atoms with van der Waals surface area (Å²) in [5, 5.41) is 3.93. The minimum Gasteiger partial charge on any atom is -0.336 e. The summed E-state index contributed by atoms with van der Waals surface area (Å²) in [6.07, 6.45) is 2.03. The molecule has 2 unspecified atom stereocenters. The summed E-state index contributed by atoms with van der Waals surface area (Å²) in [6, 6.07) is 7.34. The lowest BCUT2D eigenvalue weighted by molar-refractivity contribution is -0.134. The van der Waals surface area contributed by atoms with Crippen molar-refractivity contribution in [2.45, 2.75) is 31.3 Å². The topological polar surface area (TPSA) is 66.5 Å². The molecule has 23 heavy (non-hydrogen) atoms. The van der Waals surface area contributed by atoms with E-state index in [1.807, 2.05) is 24.3 Å². The first-order valence-electron chi connectivity index (χ1n) is 7.92. The van der Waals surface area contributed by atoms with Gasteiger partial charge in [0.15, 0.2) is 9.84 Å². The van der Waals surface area contributed by atoms with Crippen LogP contribution in [0.3, 0.4) is 0 Å². The monoisotopic (exact) mass is 356 g/mol. The average molecular weight is 357 g/mol. The fourth-order valence-corrected chi connectivity index (χ4v) is 5.50. The van der Waals surface area contributed by atoms with Gasteiger partial charge in [0.1, 0.15) is 0 Å². The van der Waals surface area contributed by atoms with E-state index in [4.69, 9.17) is 11.6 Å². The van der Waals surface area contributed by atoms with Crippen LogP contribution in [0.1, 0.15) is 18.4 Å². The molecule has 1 aromatic carbocycles. The predicted molar refractivity (Wildman–Crippen MR) is 90.3 cm³/mol. The molecule has 2 saturated heterocycles. The lowest BCUT2D eigenvalue weighted by Gasteiger charge is -2.37. The van der Waals surface area contributed by atoms with Gasteiger partial charge in [0, 0.05) is 30.6 Å². The number of piperazine rings is 1. The third kappa shape index (κ3) is 4.05. The maximum Gasteiger partial charge on any atom is 0.222 e. The summed E-state index contributed by atoms with van der Waals surface area (Å²) in [7, 11) is -3.03. The minimum absolute atomic E-state index is 0.0626. The number of carbonyl (C=O) groups excluding carboxylic acids is 1. The summed E-state index contributed by atoms with van der Waals surface area (Å²) < 4.78 is 23.6. The van der Waals surface area contributed by atoms with Crippen molar-refractivity contribution in [3.63, 3.8) is 0 Å². The molecule has 0 radical (unpaired) electrons. The van der Waals surface area contributed by atoms with Crippen LogP contribution in [0.4, 0.5) is 0 Å². The van der Waals surface area contributed by atoms with Gasteiger partial charge in [-0.15, -0.1) is 0 Å². The Balaban J connectivity index is 1.54. The fourth-order valence-electron chi connectivity index (χ4n) is 3.42. The molecule has 0 saturated carbocycles. The molecule has 0 aromatic heterocycles. The number of hydrogen-bond donors (Lipinski definition) is 1. The highest BCUT2D eigenvalue weighted by Crippen LogP contribution is 2.22. The quantitative estimate of drug-likeness (QED) is 0.882. The van der Waals surface area contributed by atoms with Crippen LogP contribution in [0, 0.1) is 0 Å². The average Bonchev–Trinajstić information content (AvgIpc) is 2.82. The van der Waals surface area contributed by atoms with Crippen LogP contribution in [-0.4, -0.2) is 55.9 Å². The van der Waals surface area contributed by atoms with E-state index >= 15 is 0 Å². The highest BCUT2D eigenvalue weighted by molar-refractivity contribution is 7.91. The molecule has 0 aliphatic carbocycles. The van der Waals surface area contributed by atoms with Crippen LogP contribution in [0.5, 0.6) is 0 Å². The number of nitrogens with zero attached hydrogens (tertiary/aromatic N) is 1. The number of rotatable bonds is 4. The zero-order chi connectivity index (χ0) is 16.4. The van der Waals surface area contributed by atoms with Crippen molar-refractivity contribution < 1.29 is 13.2 Å². The number of aryl methyl sites for hydroxylation is 1. The first kappa shape index (κ1) is 16.7. The molecule has 1 amide bonds. The second kappa shape index (κ2) is 6.79. The van der Waals surface area contributed by atoms with E-state index < -0.39 is 9.84 Å². The maximum atomic E-state index is 12.5. The molecule has 2 aliphatic heterocycles. The van der Waals surface area contributed by atoms with Crippen molar-refractivity contribution >= 4 is 27.3 Å². The van der Waals surface area contributed by atoms with Crippen molar-refractivity contribution in [1.82, 2.24) is 10.2 Å². The van der Waals surface area contributed by atoms with Gasteiger partial charge in [-0.3, -0.25) is 4.79 Å². The number of amides is 1. The van der Waals surface area contributed by atoms with E-state index in [-0.39, 0.29) is 29.5 Å². The Morgan fingerprint density at radius 1 is 1.26 bits per heavy atom. The third-order valence-electron chi connectivity index (χ3n) is 4.57. The van der Waals surface area contributed by atoms with Crippen molar-refractivity contribution in [1.29, 1.82) is 0 Å². The van der Waals surface area contributed by atoms with E-state index in [0.717, 1.165) is 18.4 Å². The standard InChI is InChI=1S/C16H21ClN2O3S/c17-13-6-4-12(5-7-13)2-1-3-16(20)19-9-8-18-14-10-23(21,22)11-15(14)19/h4-7,14-15,18H,1-3,8-11H2.